The zero-order chi connectivity index (χ0) is 10.6. The van der Waals surface area contributed by atoms with Gasteiger partial charge in [0.25, 0.3) is 0 Å². The lowest BCUT2D eigenvalue weighted by atomic mass is 9.91. The van der Waals surface area contributed by atoms with Crippen LogP contribution in [-0.2, 0) is 5.60 Å². The highest BCUT2D eigenvalue weighted by Crippen LogP contribution is 2.24. The summed E-state index contributed by atoms with van der Waals surface area (Å²) < 4.78 is 12.6. The quantitative estimate of drug-likeness (QED) is 0.718. The average molecular weight is 196 g/mol. The second kappa shape index (κ2) is 4.35. The predicted molar refractivity (Wildman–Crippen MR) is 52.2 cm³/mol. The SMILES string of the molecule is C=CC[C@@](O)(CO)c1ccc(F)cc1. The molecule has 0 aliphatic carbocycles. The number of aliphatic hydroxyl groups is 2. The number of hydrogen-bond donors (Lipinski definition) is 2. The smallest absolute Gasteiger partial charge is 0.123 e. The van der Waals surface area contributed by atoms with E-state index in [9.17, 15) is 9.50 Å². The molecular weight excluding hydrogens is 183 g/mol. The lowest BCUT2D eigenvalue weighted by Gasteiger charge is -2.24. The van der Waals surface area contributed by atoms with Crippen LogP contribution < -0.4 is 0 Å². The molecule has 0 amide bonds. The molecular formula is C11H13FO2. The summed E-state index contributed by atoms with van der Waals surface area (Å²) in [6.45, 7) is 3.08. The number of rotatable bonds is 4. The highest BCUT2D eigenvalue weighted by atomic mass is 19.1. The minimum Gasteiger partial charge on any atom is -0.393 e. The van der Waals surface area contributed by atoms with Crippen molar-refractivity contribution in [2.45, 2.75) is 12.0 Å². The van der Waals surface area contributed by atoms with Gasteiger partial charge in [-0.25, -0.2) is 4.39 Å². The van der Waals surface area contributed by atoms with Gasteiger partial charge in [0.05, 0.1) is 6.61 Å². The summed E-state index contributed by atoms with van der Waals surface area (Å²) in [5.41, 5.74) is -0.864. The Balaban J connectivity index is 2.99. The van der Waals surface area contributed by atoms with Gasteiger partial charge in [-0.1, -0.05) is 18.2 Å². The maximum atomic E-state index is 12.6. The fourth-order valence-corrected chi connectivity index (χ4v) is 1.27. The van der Waals surface area contributed by atoms with Crippen molar-refractivity contribution in [3.8, 4) is 0 Å². The Bertz CT molecular complexity index is 308. The van der Waals surface area contributed by atoms with Crippen molar-refractivity contribution in [3.63, 3.8) is 0 Å². The van der Waals surface area contributed by atoms with E-state index in [0.717, 1.165) is 0 Å². The van der Waals surface area contributed by atoms with E-state index in [1.54, 1.807) is 0 Å². The summed E-state index contributed by atoms with van der Waals surface area (Å²) >= 11 is 0. The van der Waals surface area contributed by atoms with E-state index in [2.05, 4.69) is 6.58 Å². The minimum absolute atomic E-state index is 0.231. The van der Waals surface area contributed by atoms with Crippen molar-refractivity contribution in [3.05, 3.63) is 48.3 Å². The van der Waals surface area contributed by atoms with Gasteiger partial charge in [0.15, 0.2) is 0 Å². The van der Waals surface area contributed by atoms with E-state index < -0.39 is 12.2 Å². The zero-order valence-corrected chi connectivity index (χ0v) is 7.78. The molecule has 1 aromatic carbocycles. The topological polar surface area (TPSA) is 40.5 Å². The first-order valence-corrected chi connectivity index (χ1v) is 4.32. The van der Waals surface area contributed by atoms with Crippen molar-refractivity contribution < 1.29 is 14.6 Å². The predicted octanol–water partition coefficient (Wildman–Crippen LogP) is 1.58. The van der Waals surface area contributed by atoms with Gasteiger partial charge in [-0.05, 0) is 17.7 Å². The van der Waals surface area contributed by atoms with Crippen LogP contribution in [0.3, 0.4) is 0 Å². The number of aliphatic hydroxyl groups excluding tert-OH is 1. The molecule has 0 saturated heterocycles. The van der Waals surface area contributed by atoms with Crippen molar-refractivity contribution in [1.82, 2.24) is 0 Å². The molecule has 14 heavy (non-hydrogen) atoms. The van der Waals surface area contributed by atoms with Crippen LogP contribution in [0, 0.1) is 5.82 Å². The standard InChI is InChI=1S/C11H13FO2/c1-2-7-11(14,8-13)9-3-5-10(12)6-4-9/h2-6,13-14H,1,7-8H2/t11-/m1/s1. The summed E-state index contributed by atoms with van der Waals surface area (Å²) in [7, 11) is 0. The molecule has 3 heteroatoms. The minimum atomic E-state index is -1.35. The molecule has 76 valence electrons. The molecule has 0 heterocycles. The van der Waals surface area contributed by atoms with Gasteiger partial charge in [-0.15, -0.1) is 6.58 Å². The third-order valence-corrected chi connectivity index (χ3v) is 2.13. The molecule has 1 rings (SSSR count). The first-order valence-electron chi connectivity index (χ1n) is 4.32. The summed E-state index contributed by atoms with van der Waals surface area (Å²) in [6.07, 6.45) is 1.74. The van der Waals surface area contributed by atoms with Gasteiger partial charge in [0, 0.05) is 6.42 Å². The second-order valence-electron chi connectivity index (χ2n) is 3.19. The molecule has 0 aliphatic rings. The van der Waals surface area contributed by atoms with E-state index in [4.69, 9.17) is 5.11 Å². The Morgan fingerprint density at radius 2 is 1.93 bits per heavy atom. The molecule has 0 saturated carbocycles. The van der Waals surface area contributed by atoms with Crippen LogP contribution in [0.25, 0.3) is 0 Å². The van der Waals surface area contributed by atoms with E-state index in [1.165, 1.54) is 30.3 Å². The highest BCUT2D eigenvalue weighted by Gasteiger charge is 2.26. The van der Waals surface area contributed by atoms with E-state index in [1.807, 2.05) is 0 Å². The first kappa shape index (κ1) is 10.9. The Kier molecular flexibility index (Phi) is 3.38. The Hall–Kier alpha value is -1.19. The molecule has 0 radical (unpaired) electrons. The molecule has 0 aromatic heterocycles. The molecule has 0 spiro atoms. The van der Waals surface area contributed by atoms with Gasteiger partial charge < -0.3 is 10.2 Å². The van der Waals surface area contributed by atoms with Crippen LogP contribution in [0.15, 0.2) is 36.9 Å². The number of halogens is 1. The normalized spacial score (nSPS) is 14.8. The largest absolute Gasteiger partial charge is 0.393 e. The summed E-state index contributed by atoms with van der Waals surface area (Å²) in [4.78, 5) is 0. The van der Waals surface area contributed by atoms with E-state index in [0.29, 0.717) is 5.56 Å². The molecule has 1 atom stereocenters. The molecule has 0 bridgehead atoms. The Morgan fingerprint density at radius 1 is 1.36 bits per heavy atom. The second-order valence-corrected chi connectivity index (χ2v) is 3.19. The average Bonchev–Trinajstić information content (AvgIpc) is 2.19. The summed E-state index contributed by atoms with van der Waals surface area (Å²) in [5.74, 6) is -0.368. The third-order valence-electron chi connectivity index (χ3n) is 2.13. The van der Waals surface area contributed by atoms with Crippen LogP contribution in [0.2, 0.25) is 0 Å². The monoisotopic (exact) mass is 196 g/mol. The van der Waals surface area contributed by atoms with Gasteiger partial charge >= 0.3 is 0 Å². The summed E-state index contributed by atoms with van der Waals surface area (Å²) in [5, 5.41) is 19.0. The lowest BCUT2D eigenvalue weighted by molar-refractivity contribution is -0.0165. The zero-order valence-electron chi connectivity index (χ0n) is 7.78. The Labute approximate surface area is 82.3 Å². The van der Waals surface area contributed by atoms with Crippen molar-refractivity contribution in [2.24, 2.45) is 0 Å². The van der Waals surface area contributed by atoms with Gasteiger partial charge in [-0.2, -0.15) is 0 Å². The van der Waals surface area contributed by atoms with Crippen LogP contribution in [0.4, 0.5) is 4.39 Å². The number of benzene rings is 1. The molecule has 1 aromatic rings. The molecule has 2 N–H and O–H groups in total. The van der Waals surface area contributed by atoms with Crippen LogP contribution in [-0.4, -0.2) is 16.8 Å². The summed E-state index contributed by atoms with van der Waals surface area (Å²) in [6, 6.07) is 5.40. The van der Waals surface area contributed by atoms with Crippen LogP contribution in [0.1, 0.15) is 12.0 Å². The van der Waals surface area contributed by atoms with Crippen molar-refractivity contribution in [1.29, 1.82) is 0 Å². The number of hydrogen-bond acceptors (Lipinski definition) is 2. The van der Waals surface area contributed by atoms with Gasteiger partial charge in [0.2, 0.25) is 0 Å². The molecule has 2 nitrogen and oxygen atoms in total. The van der Waals surface area contributed by atoms with Gasteiger partial charge in [0.1, 0.15) is 11.4 Å². The maximum Gasteiger partial charge on any atom is 0.123 e. The lowest BCUT2D eigenvalue weighted by Crippen LogP contribution is -2.29. The maximum absolute atomic E-state index is 12.6. The van der Waals surface area contributed by atoms with Gasteiger partial charge in [-0.3, -0.25) is 0 Å². The fourth-order valence-electron chi connectivity index (χ4n) is 1.27. The molecule has 0 fully saturated rings. The Morgan fingerprint density at radius 3 is 2.36 bits per heavy atom. The fraction of sp³-hybridized carbons (Fsp3) is 0.273. The molecule has 0 unspecified atom stereocenters. The van der Waals surface area contributed by atoms with E-state index >= 15 is 0 Å². The first-order chi connectivity index (χ1) is 6.62. The van der Waals surface area contributed by atoms with Crippen LogP contribution >= 0.6 is 0 Å². The third kappa shape index (κ3) is 2.19. The highest BCUT2D eigenvalue weighted by molar-refractivity contribution is 5.23. The molecule has 0 aliphatic heterocycles. The van der Waals surface area contributed by atoms with Crippen molar-refractivity contribution >= 4 is 0 Å². The van der Waals surface area contributed by atoms with Crippen molar-refractivity contribution in [2.75, 3.05) is 6.61 Å². The van der Waals surface area contributed by atoms with Crippen LogP contribution in [0.5, 0.6) is 0 Å². The van der Waals surface area contributed by atoms with E-state index in [-0.39, 0.29) is 12.2 Å².